The van der Waals surface area contributed by atoms with Gasteiger partial charge in [-0.05, 0) is 32.6 Å². The Morgan fingerprint density at radius 1 is 1.24 bits per heavy atom. The van der Waals surface area contributed by atoms with Gasteiger partial charge in [-0.1, -0.05) is 0 Å². The molecule has 1 saturated heterocycles. The lowest BCUT2D eigenvalue weighted by molar-refractivity contribution is 0.0243. The first kappa shape index (κ1) is 18.2. The Bertz CT molecular complexity index is 292. The Kier molecular flexibility index (Phi) is 9.37. The molecule has 1 unspecified atom stereocenters. The summed E-state index contributed by atoms with van der Waals surface area (Å²) in [6.45, 7) is 6.83. The molecular weight excluding hydrogens is 270 g/mol. The fourth-order valence-electron chi connectivity index (χ4n) is 2.25. The zero-order chi connectivity index (χ0) is 15.4. The van der Waals surface area contributed by atoms with Crippen LogP contribution in [0.2, 0.25) is 0 Å². The van der Waals surface area contributed by atoms with E-state index in [-0.39, 0.29) is 5.60 Å². The van der Waals surface area contributed by atoms with Crippen LogP contribution in [0.25, 0.3) is 0 Å². The van der Waals surface area contributed by atoms with Crippen LogP contribution in [-0.4, -0.2) is 65.2 Å². The smallest absolute Gasteiger partial charge is 0.191 e. The Morgan fingerprint density at radius 2 is 2.10 bits per heavy atom. The monoisotopic (exact) mass is 301 g/mol. The van der Waals surface area contributed by atoms with E-state index in [9.17, 15) is 0 Å². The molecule has 1 aliphatic rings. The number of rotatable bonds is 10. The van der Waals surface area contributed by atoms with E-state index in [0.29, 0.717) is 13.2 Å². The first-order valence-corrected chi connectivity index (χ1v) is 7.85. The van der Waals surface area contributed by atoms with Crippen molar-refractivity contribution in [3.63, 3.8) is 0 Å². The first-order valence-electron chi connectivity index (χ1n) is 7.85. The molecule has 0 aromatic carbocycles. The van der Waals surface area contributed by atoms with Crippen molar-refractivity contribution in [1.82, 2.24) is 10.6 Å². The molecule has 1 atom stereocenters. The standard InChI is InChI=1S/C15H31N3O3/c1-15(7-6-10-21-15)13-18-14(16-2)17-8-4-5-9-20-12-11-19-3/h4-13H2,1-3H3,(H2,16,17,18). The van der Waals surface area contributed by atoms with Crippen LogP contribution in [0.3, 0.4) is 0 Å². The summed E-state index contributed by atoms with van der Waals surface area (Å²) in [6.07, 6.45) is 4.35. The Balaban J connectivity index is 2.01. The van der Waals surface area contributed by atoms with Gasteiger partial charge < -0.3 is 24.8 Å². The maximum Gasteiger partial charge on any atom is 0.191 e. The number of nitrogens with zero attached hydrogens (tertiary/aromatic N) is 1. The highest BCUT2D eigenvalue weighted by Crippen LogP contribution is 2.23. The number of guanidine groups is 1. The van der Waals surface area contributed by atoms with Crippen LogP contribution in [0.15, 0.2) is 4.99 Å². The van der Waals surface area contributed by atoms with E-state index in [1.807, 2.05) is 0 Å². The summed E-state index contributed by atoms with van der Waals surface area (Å²) in [6, 6.07) is 0. The summed E-state index contributed by atoms with van der Waals surface area (Å²) in [7, 11) is 3.48. The molecule has 0 amide bonds. The van der Waals surface area contributed by atoms with Gasteiger partial charge >= 0.3 is 0 Å². The van der Waals surface area contributed by atoms with Crippen LogP contribution in [-0.2, 0) is 14.2 Å². The Morgan fingerprint density at radius 3 is 2.76 bits per heavy atom. The third-order valence-corrected chi connectivity index (χ3v) is 3.59. The summed E-state index contributed by atoms with van der Waals surface area (Å²) >= 11 is 0. The van der Waals surface area contributed by atoms with Gasteiger partial charge in [0.05, 0.1) is 18.8 Å². The van der Waals surface area contributed by atoms with E-state index in [1.54, 1.807) is 14.2 Å². The van der Waals surface area contributed by atoms with Crippen molar-refractivity contribution < 1.29 is 14.2 Å². The van der Waals surface area contributed by atoms with Crippen molar-refractivity contribution in [3.8, 4) is 0 Å². The minimum absolute atomic E-state index is 0.0488. The van der Waals surface area contributed by atoms with Gasteiger partial charge in [0.1, 0.15) is 0 Å². The van der Waals surface area contributed by atoms with Gasteiger partial charge in [-0.2, -0.15) is 0 Å². The molecule has 1 aliphatic heterocycles. The van der Waals surface area contributed by atoms with Gasteiger partial charge in [-0.25, -0.2) is 0 Å². The van der Waals surface area contributed by atoms with Gasteiger partial charge in [0.2, 0.25) is 0 Å². The molecule has 0 aliphatic carbocycles. The van der Waals surface area contributed by atoms with E-state index >= 15 is 0 Å². The van der Waals surface area contributed by atoms with Crippen molar-refractivity contribution in [2.75, 3.05) is 53.7 Å². The SMILES string of the molecule is CN=C(NCCCCOCCOC)NCC1(C)CCCO1. The van der Waals surface area contributed by atoms with Crippen molar-refractivity contribution in [2.24, 2.45) is 4.99 Å². The van der Waals surface area contributed by atoms with E-state index in [4.69, 9.17) is 14.2 Å². The normalized spacial score (nSPS) is 22.5. The average Bonchev–Trinajstić information content (AvgIpc) is 2.92. The number of nitrogens with one attached hydrogen (secondary N) is 2. The minimum Gasteiger partial charge on any atom is -0.382 e. The molecule has 2 N–H and O–H groups in total. The topological polar surface area (TPSA) is 64.1 Å². The molecule has 0 bridgehead atoms. The zero-order valence-corrected chi connectivity index (χ0v) is 13.7. The maximum absolute atomic E-state index is 5.75. The molecule has 0 aromatic rings. The lowest BCUT2D eigenvalue weighted by atomic mass is 10.0. The van der Waals surface area contributed by atoms with Gasteiger partial charge in [0.25, 0.3) is 0 Å². The molecule has 6 nitrogen and oxygen atoms in total. The van der Waals surface area contributed by atoms with E-state index in [0.717, 1.165) is 57.9 Å². The van der Waals surface area contributed by atoms with Gasteiger partial charge in [-0.3, -0.25) is 4.99 Å². The van der Waals surface area contributed by atoms with Crippen LogP contribution in [0.4, 0.5) is 0 Å². The lowest BCUT2D eigenvalue weighted by Crippen LogP contribution is -2.45. The third kappa shape index (κ3) is 8.24. The molecule has 1 heterocycles. The molecule has 6 heteroatoms. The molecule has 1 fully saturated rings. The second kappa shape index (κ2) is 10.8. The van der Waals surface area contributed by atoms with E-state index < -0.39 is 0 Å². The predicted molar refractivity (Wildman–Crippen MR) is 84.9 cm³/mol. The highest BCUT2D eigenvalue weighted by atomic mass is 16.5. The molecule has 0 saturated carbocycles. The van der Waals surface area contributed by atoms with Gasteiger partial charge in [0.15, 0.2) is 5.96 Å². The minimum atomic E-state index is -0.0488. The number of ether oxygens (including phenoxy) is 3. The molecule has 124 valence electrons. The highest BCUT2D eigenvalue weighted by molar-refractivity contribution is 5.79. The van der Waals surface area contributed by atoms with Crippen molar-refractivity contribution in [3.05, 3.63) is 0 Å². The molecule has 0 radical (unpaired) electrons. The number of hydrogen-bond acceptors (Lipinski definition) is 4. The van der Waals surface area contributed by atoms with E-state index in [2.05, 4.69) is 22.5 Å². The molecule has 1 rings (SSSR count). The number of methoxy groups -OCH3 is 1. The molecule has 0 spiro atoms. The predicted octanol–water partition coefficient (Wildman–Crippen LogP) is 1.16. The van der Waals surface area contributed by atoms with Crippen LogP contribution in [0.1, 0.15) is 32.6 Å². The summed E-state index contributed by atoms with van der Waals surface area (Å²) in [5, 5.41) is 6.65. The average molecular weight is 301 g/mol. The maximum atomic E-state index is 5.75. The highest BCUT2D eigenvalue weighted by Gasteiger charge is 2.29. The fourth-order valence-corrected chi connectivity index (χ4v) is 2.25. The van der Waals surface area contributed by atoms with Crippen LogP contribution in [0.5, 0.6) is 0 Å². The summed E-state index contributed by atoms with van der Waals surface area (Å²) in [5.74, 6) is 0.840. The fraction of sp³-hybridized carbons (Fsp3) is 0.933. The summed E-state index contributed by atoms with van der Waals surface area (Å²) in [4.78, 5) is 4.23. The van der Waals surface area contributed by atoms with Crippen LogP contribution in [0, 0.1) is 0 Å². The lowest BCUT2D eigenvalue weighted by Gasteiger charge is -2.24. The molecule has 21 heavy (non-hydrogen) atoms. The van der Waals surface area contributed by atoms with Gasteiger partial charge in [-0.15, -0.1) is 0 Å². The van der Waals surface area contributed by atoms with Crippen molar-refractivity contribution in [1.29, 1.82) is 0 Å². The zero-order valence-electron chi connectivity index (χ0n) is 13.7. The quantitative estimate of drug-likeness (QED) is 0.360. The van der Waals surface area contributed by atoms with Crippen LogP contribution >= 0.6 is 0 Å². The van der Waals surface area contributed by atoms with Gasteiger partial charge in [0, 0.05) is 40.5 Å². The number of hydrogen-bond donors (Lipinski definition) is 2. The second-order valence-electron chi connectivity index (χ2n) is 5.57. The largest absolute Gasteiger partial charge is 0.382 e. The van der Waals surface area contributed by atoms with Crippen molar-refractivity contribution in [2.45, 2.75) is 38.2 Å². The summed E-state index contributed by atoms with van der Waals surface area (Å²) in [5.41, 5.74) is -0.0488. The number of unbranched alkanes of at least 4 members (excludes halogenated alkanes) is 1. The first-order chi connectivity index (χ1) is 10.2. The Hall–Kier alpha value is -0.850. The molecule has 0 aromatic heterocycles. The second-order valence-corrected chi connectivity index (χ2v) is 5.57. The van der Waals surface area contributed by atoms with Crippen molar-refractivity contribution >= 4 is 5.96 Å². The number of aliphatic imine (C=N–C) groups is 1. The van der Waals surface area contributed by atoms with Crippen LogP contribution < -0.4 is 10.6 Å². The third-order valence-electron chi connectivity index (χ3n) is 3.59. The van der Waals surface area contributed by atoms with E-state index in [1.165, 1.54) is 0 Å². The Labute approximate surface area is 128 Å². The summed E-state index contributed by atoms with van der Waals surface area (Å²) < 4.78 is 16.1. The molecular formula is C15H31N3O3.